The summed E-state index contributed by atoms with van der Waals surface area (Å²) in [4.78, 5) is 23.1. The van der Waals surface area contributed by atoms with Gasteiger partial charge in [-0.2, -0.15) is 0 Å². The van der Waals surface area contributed by atoms with Crippen LogP contribution in [0.15, 0.2) is 36.5 Å². The van der Waals surface area contributed by atoms with E-state index in [-0.39, 0.29) is 12.6 Å². The zero-order valence-corrected chi connectivity index (χ0v) is 15.1. The molecule has 0 spiro atoms. The summed E-state index contributed by atoms with van der Waals surface area (Å²) in [5, 5.41) is 5.58. The van der Waals surface area contributed by atoms with E-state index in [1.165, 1.54) is 19.3 Å². The van der Waals surface area contributed by atoms with Crippen molar-refractivity contribution in [3.8, 4) is 5.75 Å². The van der Waals surface area contributed by atoms with Gasteiger partial charge in [0.1, 0.15) is 17.4 Å². The highest BCUT2D eigenvalue weighted by molar-refractivity contribution is 5.89. The standard InChI is InChI=1S/C19H25N5O2/c1-2-26-16-8-6-15(7-9-16)22-19(25)21-14-17-20-11-10-18(23-17)24-12-4-3-5-13-24/h6-11H,2-5,12-14H2,1H3,(H2,21,22,25). The van der Waals surface area contributed by atoms with Crippen LogP contribution in [0.4, 0.5) is 16.3 Å². The molecule has 0 aliphatic carbocycles. The Morgan fingerprint density at radius 1 is 1.15 bits per heavy atom. The molecule has 7 heteroatoms. The Labute approximate surface area is 153 Å². The van der Waals surface area contributed by atoms with Gasteiger partial charge in [0, 0.05) is 25.0 Å². The lowest BCUT2D eigenvalue weighted by Gasteiger charge is -2.27. The quantitative estimate of drug-likeness (QED) is 0.832. The summed E-state index contributed by atoms with van der Waals surface area (Å²) in [6.45, 7) is 4.89. The maximum absolute atomic E-state index is 12.1. The van der Waals surface area contributed by atoms with Crippen molar-refractivity contribution in [3.05, 3.63) is 42.4 Å². The summed E-state index contributed by atoms with van der Waals surface area (Å²) in [6, 6.07) is 8.89. The molecule has 1 saturated heterocycles. The van der Waals surface area contributed by atoms with Crippen LogP contribution >= 0.6 is 0 Å². The Balaban J connectivity index is 1.51. The molecule has 1 aromatic heterocycles. The molecule has 2 aromatic rings. The molecule has 0 radical (unpaired) electrons. The van der Waals surface area contributed by atoms with Gasteiger partial charge >= 0.3 is 6.03 Å². The molecule has 1 fully saturated rings. The number of hydrogen-bond acceptors (Lipinski definition) is 5. The second-order valence-corrected chi connectivity index (χ2v) is 6.14. The largest absolute Gasteiger partial charge is 0.494 e. The lowest BCUT2D eigenvalue weighted by Crippen LogP contribution is -2.31. The van der Waals surface area contributed by atoms with Crippen molar-refractivity contribution in [3.63, 3.8) is 0 Å². The van der Waals surface area contributed by atoms with Crippen LogP contribution in [0.25, 0.3) is 0 Å². The fourth-order valence-electron chi connectivity index (χ4n) is 2.91. The summed E-state index contributed by atoms with van der Waals surface area (Å²) >= 11 is 0. The number of piperidine rings is 1. The second kappa shape index (κ2) is 9.03. The van der Waals surface area contributed by atoms with Crippen molar-refractivity contribution in [2.75, 3.05) is 29.9 Å². The van der Waals surface area contributed by atoms with Gasteiger partial charge in [0.2, 0.25) is 0 Å². The van der Waals surface area contributed by atoms with Gasteiger partial charge in [0.25, 0.3) is 0 Å². The Morgan fingerprint density at radius 3 is 2.65 bits per heavy atom. The predicted octanol–water partition coefficient (Wildman–Crippen LogP) is 3.19. The summed E-state index contributed by atoms with van der Waals surface area (Å²) < 4.78 is 5.38. The first-order valence-electron chi connectivity index (χ1n) is 9.09. The van der Waals surface area contributed by atoms with Crippen molar-refractivity contribution in [2.45, 2.75) is 32.7 Å². The van der Waals surface area contributed by atoms with Crippen molar-refractivity contribution in [1.29, 1.82) is 0 Å². The smallest absolute Gasteiger partial charge is 0.319 e. The average Bonchev–Trinajstić information content (AvgIpc) is 2.69. The lowest BCUT2D eigenvalue weighted by molar-refractivity contribution is 0.251. The van der Waals surface area contributed by atoms with Crippen LogP contribution in [0.2, 0.25) is 0 Å². The van der Waals surface area contributed by atoms with Crippen molar-refractivity contribution in [1.82, 2.24) is 15.3 Å². The number of anilines is 2. The van der Waals surface area contributed by atoms with Gasteiger partial charge in [0.15, 0.2) is 0 Å². The Morgan fingerprint density at radius 2 is 1.92 bits per heavy atom. The first kappa shape index (κ1) is 18.0. The number of hydrogen-bond donors (Lipinski definition) is 2. The third kappa shape index (κ3) is 5.08. The van der Waals surface area contributed by atoms with Gasteiger partial charge in [0.05, 0.1) is 13.2 Å². The number of rotatable bonds is 6. The number of nitrogens with one attached hydrogen (secondary N) is 2. The zero-order chi connectivity index (χ0) is 18.2. The van der Waals surface area contributed by atoms with Crippen LogP contribution in [0.1, 0.15) is 32.0 Å². The van der Waals surface area contributed by atoms with E-state index in [1.807, 2.05) is 25.1 Å². The van der Waals surface area contributed by atoms with Crippen molar-refractivity contribution in [2.24, 2.45) is 0 Å². The summed E-state index contributed by atoms with van der Waals surface area (Å²) in [5.41, 5.74) is 0.703. The summed E-state index contributed by atoms with van der Waals surface area (Å²) in [6.07, 6.45) is 5.42. The van der Waals surface area contributed by atoms with Crippen LogP contribution in [-0.4, -0.2) is 35.7 Å². The SMILES string of the molecule is CCOc1ccc(NC(=O)NCc2nccc(N3CCCCC3)n2)cc1. The van der Waals surface area contributed by atoms with Crippen molar-refractivity contribution >= 4 is 17.5 Å². The number of ether oxygens (including phenoxy) is 1. The highest BCUT2D eigenvalue weighted by atomic mass is 16.5. The van der Waals surface area contributed by atoms with Gasteiger partial charge in [-0.05, 0) is 56.5 Å². The molecule has 1 aromatic carbocycles. The molecule has 0 bridgehead atoms. The van der Waals surface area contributed by atoms with Crippen LogP contribution in [-0.2, 0) is 6.54 Å². The molecule has 26 heavy (non-hydrogen) atoms. The van der Waals surface area contributed by atoms with Crippen molar-refractivity contribution < 1.29 is 9.53 Å². The number of aromatic nitrogens is 2. The molecule has 1 aliphatic heterocycles. The minimum absolute atomic E-state index is 0.282. The maximum Gasteiger partial charge on any atom is 0.319 e. The Kier molecular flexibility index (Phi) is 6.24. The van der Waals surface area contributed by atoms with Gasteiger partial charge in [-0.1, -0.05) is 0 Å². The molecule has 1 aliphatic rings. The Bertz CT molecular complexity index is 714. The average molecular weight is 355 g/mol. The fourth-order valence-corrected chi connectivity index (χ4v) is 2.91. The van der Waals surface area contributed by atoms with E-state index in [1.54, 1.807) is 18.3 Å². The van der Waals surface area contributed by atoms with E-state index in [2.05, 4.69) is 25.5 Å². The van der Waals surface area contributed by atoms with Crippen LogP contribution < -0.4 is 20.3 Å². The molecule has 7 nitrogen and oxygen atoms in total. The van der Waals surface area contributed by atoms with Crippen LogP contribution in [0, 0.1) is 0 Å². The highest BCUT2D eigenvalue weighted by Crippen LogP contribution is 2.17. The number of benzene rings is 1. The topological polar surface area (TPSA) is 79.4 Å². The number of carbonyl (C=O) groups excluding carboxylic acids is 1. The number of carbonyl (C=O) groups is 1. The maximum atomic E-state index is 12.1. The highest BCUT2D eigenvalue weighted by Gasteiger charge is 2.13. The summed E-state index contributed by atoms with van der Waals surface area (Å²) in [7, 11) is 0. The molecule has 2 N–H and O–H groups in total. The summed E-state index contributed by atoms with van der Waals surface area (Å²) in [5.74, 6) is 2.32. The number of amides is 2. The van der Waals surface area contributed by atoms with Gasteiger partial charge in [-0.3, -0.25) is 0 Å². The molecule has 0 saturated carbocycles. The minimum atomic E-state index is -0.291. The van der Waals surface area contributed by atoms with E-state index in [0.29, 0.717) is 18.1 Å². The predicted molar refractivity (Wildman–Crippen MR) is 102 cm³/mol. The molecule has 0 unspecified atom stereocenters. The minimum Gasteiger partial charge on any atom is -0.494 e. The van der Waals surface area contributed by atoms with E-state index >= 15 is 0 Å². The molecule has 138 valence electrons. The lowest BCUT2D eigenvalue weighted by atomic mass is 10.1. The van der Waals surface area contributed by atoms with Gasteiger partial charge in [-0.25, -0.2) is 14.8 Å². The number of urea groups is 1. The van der Waals surface area contributed by atoms with Gasteiger partial charge in [-0.15, -0.1) is 0 Å². The van der Waals surface area contributed by atoms with Crippen LogP contribution in [0.5, 0.6) is 5.75 Å². The van der Waals surface area contributed by atoms with E-state index in [0.717, 1.165) is 24.7 Å². The van der Waals surface area contributed by atoms with E-state index < -0.39 is 0 Å². The normalized spacial score (nSPS) is 14.0. The molecule has 2 amide bonds. The van der Waals surface area contributed by atoms with E-state index in [9.17, 15) is 4.79 Å². The molecule has 0 atom stereocenters. The first-order chi connectivity index (χ1) is 12.7. The molecule has 3 rings (SSSR count). The Hall–Kier alpha value is -2.83. The van der Waals surface area contributed by atoms with E-state index in [4.69, 9.17) is 4.74 Å². The van der Waals surface area contributed by atoms with Crippen LogP contribution in [0.3, 0.4) is 0 Å². The monoisotopic (exact) mass is 355 g/mol. The number of nitrogens with zero attached hydrogens (tertiary/aromatic N) is 3. The third-order valence-electron chi connectivity index (χ3n) is 4.20. The first-order valence-corrected chi connectivity index (χ1v) is 9.09. The molecule has 2 heterocycles. The molecular weight excluding hydrogens is 330 g/mol. The third-order valence-corrected chi connectivity index (χ3v) is 4.20. The second-order valence-electron chi connectivity index (χ2n) is 6.14. The molecular formula is C19H25N5O2. The van der Waals surface area contributed by atoms with Gasteiger partial charge < -0.3 is 20.3 Å². The fraction of sp³-hybridized carbons (Fsp3) is 0.421. The zero-order valence-electron chi connectivity index (χ0n) is 15.1.